The first-order valence-electron chi connectivity index (χ1n) is 9.14. The minimum atomic E-state index is -0.543. The number of anilines is 1. The van der Waals surface area contributed by atoms with E-state index in [0.717, 1.165) is 18.4 Å². The van der Waals surface area contributed by atoms with Gasteiger partial charge in [-0.15, -0.1) is 0 Å². The molecule has 1 atom stereocenters. The van der Waals surface area contributed by atoms with Crippen LogP contribution >= 0.6 is 23.2 Å². The number of nitrogens with zero attached hydrogens (tertiary/aromatic N) is 1. The van der Waals surface area contributed by atoms with Gasteiger partial charge >= 0.3 is 0 Å². The van der Waals surface area contributed by atoms with Crippen molar-refractivity contribution < 1.29 is 14.3 Å². The summed E-state index contributed by atoms with van der Waals surface area (Å²) in [4.78, 5) is 27.6. The number of benzene rings is 2. The second-order valence-corrected chi connectivity index (χ2v) is 7.60. The van der Waals surface area contributed by atoms with Crippen molar-refractivity contribution in [1.82, 2.24) is 4.90 Å². The molecule has 2 aromatic carbocycles. The first-order valence-corrected chi connectivity index (χ1v) is 9.90. The molecule has 3 rings (SSSR count). The average Bonchev–Trinajstić information content (AvgIpc) is 2.70. The largest absolute Gasteiger partial charge is 0.380 e. The molecule has 1 fully saturated rings. The van der Waals surface area contributed by atoms with Crippen molar-refractivity contribution in [3.63, 3.8) is 0 Å². The van der Waals surface area contributed by atoms with Crippen molar-refractivity contribution in [2.24, 2.45) is 0 Å². The number of carbonyl (C=O) groups excluding carboxylic acids is 2. The Morgan fingerprint density at radius 1 is 1.18 bits per heavy atom. The predicted molar refractivity (Wildman–Crippen MR) is 111 cm³/mol. The minimum absolute atomic E-state index is 0.153. The normalized spacial score (nSPS) is 16.7. The van der Waals surface area contributed by atoms with Crippen LogP contribution in [0.1, 0.15) is 35.2 Å². The monoisotopic (exact) mass is 420 g/mol. The van der Waals surface area contributed by atoms with Gasteiger partial charge in [0, 0.05) is 24.2 Å². The first kappa shape index (κ1) is 20.6. The number of methoxy groups -OCH3 is 1. The number of rotatable bonds is 5. The fourth-order valence-electron chi connectivity index (χ4n) is 3.38. The van der Waals surface area contributed by atoms with Crippen molar-refractivity contribution in [2.45, 2.75) is 31.9 Å². The van der Waals surface area contributed by atoms with E-state index in [0.29, 0.717) is 40.9 Å². The summed E-state index contributed by atoms with van der Waals surface area (Å²) in [6.07, 6.45) is 2.37. The fraction of sp³-hybridized carbons (Fsp3) is 0.333. The Morgan fingerprint density at radius 3 is 2.75 bits per heavy atom. The number of nitrogens with one attached hydrogen (secondary N) is 1. The van der Waals surface area contributed by atoms with E-state index < -0.39 is 6.04 Å². The van der Waals surface area contributed by atoms with Gasteiger partial charge in [-0.1, -0.05) is 35.3 Å². The van der Waals surface area contributed by atoms with Gasteiger partial charge in [-0.3, -0.25) is 9.59 Å². The zero-order valence-electron chi connectivity index (χ0n) is 15.6. The van der Waals surface area contributed by atoms with Gasteiger partial charge in [-0.05, 0) is 55.2 Å². The molecule has 148 valence electrons. The molecular formula is C21H22Cl2N2O3. The highest BCUT2D eigenvalue weighted by Crippen LogP contribution is 2.27. The maximum atomic E-state index is 13.1. The molecule has 0 spiro atoms. The van der Waals surface area contributed by atoms with Crippen LogP contribution in [0.4, 0.5) is 5.69 Å². The van der Waals surface area contributed by atoms with Crippen LogP contribution in [0, 0.1) is 0 Å². The van der Waals surface area contributed by atoms with Crippen LogP contribution in [0.15, 0.2) is 42.5 Å². The van der Waals surface area contributed by atoms with Crippen molar-refractivity contribution in [1.29, 1.82) is 0 Å². The summed E-state index contributed by atoms with van der Waals surface area (Å²) in [5.74, 6) is -0.398. The standard InChI is InChI=1S/C21H22Cl2N2O3/c1-28-13-14-5-4-6-15(11-14)21(27)25-10-3-2-7-19(25)20(26)24-18-9-8-16(22)12-17(18)23/h4-6,8-9,11-12,19H,2-3,7,10,13H2,1H3,(H,24,26). The Morgan fingerprint density at radius 2 is 2.00 bits per heavy atom. The number of ether oxygens (including phenoxy) is 1. The SMILES string of the molecule is COCc1cccc(C(=O)N2CCCCC2C(=O)Nc2ccc(Cl)cc2Cl)c1. The van der Waals surface area contributed by atoms with Crippen LogP contribution in [-0.4, -0.2) is 36.4 Å². The van der Waals surface area contributed by atoms with Crippen molar-refractivity contribution >= 4 is 40.7 Å². The van der Waals surface area contributed by atoms with Gasteiger partial charge in [0.05, 0.1) is 17.3 Å². The van der Waals surface area contributed by atoms with Gasteiger partial charge in [0.25, 0.3) is 5.91 Å². The molecule has 1 aliphatic rings. The second-order valence-electron chi connectivity index (χ2n) is 6.76. The third kappa shape index (κ3) is 4.85. The number of carbonyl (C=O) groups is 2. The van der Waals surface area contributed by atoms with Crippen LogP contribution in [0.5, 0.6) is 0 Å². The second kappa shape index (κ2) is 9.41. The Balaban J connectivity index is 1.78. The zero-order valence-corrected chi connectivity index (χ0v) is 17.1. The Hall–Kier alpha value is -2.08. The summed E-state index contributed by atoms with van der Waals surface area (Å²) < 4.78 is 5.14. The maximum Gasteiger partial charge on any atom is 0.254 e. The van der Waals surface area contributed by atoms with E-state index in [1.807, 2.05) is 18.2 Å². The molecule has 1 saturated heterocycles. The van der Waals surface area contributed by atoms with E-state index >= 15 is 0 Å². The Labute approximate surface area is 174 Å². The number of hydrogen-bond donors (Lipinski definition) is 1. The summed E-state index contributed by atoms with van der Waals surface area (Å²) in [7, 11) is 1.61. The highest BCUT2D eigenvalue weighted by atomic mass is 35.5. The third-order valence-corrected chi connectivity index (χ3v) is 5.29. The van der Waals surface area contributed by atoms with E-state index in [4.69, 9.17) is 27.9 Å². The van der Waals surface area contributed by atoms with E-state index in [2.05, 4.69) is 5.32 Å². The van der Waals surface area contributed by atoms with Crippen LogP contribution in [-0.2, 0) is 16.1 Å². The lowest BCUT2D eigenvalue weighted by Crippen LogP contribution is -2.50. The fourth-order valence-corrected chi connectivity index (χ4v) is 3.84. The molecule has 0 saturated carbocycles. The summed E-state index contributed by atoms with van der Waals surface area (Å²) in [6.45, 7) is 0.972. The molecule has 1 unspecified atom stereocenters. The van der Waals surface area contributed by atoms with Crippen LogP contribution < -0.4 is 5.32 Å². The van der Waals surface area contributed by atoms with Crippen molar-refractivity contribution in [2.75, 3.05) is 19.0 Å². The summed E-state index contributed by atoms with van der Waals surface area (Å²) >= 11 is 12.1. The third-order valence-electron chi connectivity index (χ3n) is 4.74. The highest BCUT2D eigenvalue weighted by Gasteiger charge is 2.33. The van der Waals surface area contributed by atoms with Gasteiger partial charge in [0.2, 0.25) is 5.91 Å². The summed E-state index contributed by atoms with van der Waals surface area (Å²) in [6, 6.07) is 11.7. The minimum Gasteiger partial charge on any atom is -0.380 e. The van der Waals surface area contributed by atoms with Crippen LogP contribution in [0.3, 0.4) is 0 Å². The van der Waals surface area contributed by atoms with Gasteiger partial charge < -0.3 is 15.0 Å². The Kier molecular flexibility index (Phi) is 6.94. The molecule has 0 bridgehead atoms. The first-order chi connectivity index (χ1) is 13.5. The number of likely N-dealkylation sites (tertiary alicyclic amines) is 1. The molecule has 5 nitrogen and oxygen atoms in total. The molecule has 28 heavy (non-hydrogen) atoms. The zero-order chi connectivity index (χ0) is 20.1. The number of halogens is 2. The summed E-state index contributed by atoms with van der Waals surface area (Å²) in [5.41, 5.74) is 1.95. The van der Waals surface area contributed by atoms with E-state index in [1.54, 1.807) is 36.3 Å². The molecule has 2 aromatic rings. The van der Waals surface area contributed by atoms with Crippen molar-refractivity contribution in [3.8, 4) is 0 Å². The molecule has 1 aliphatic heterocycles. The van der Waals surface area contributed by atoms with Crippen molar-refractivity contribution in [3.05, 3.63) is 63.6 Å². The van der Waals surface area contributed by atoms with Gasteiger partial charge in [-0.2, -0.15) is 0 Å². The molecule has 7 heteroatoms. The summed E-state index contributed by atoms with van der Waals surface area (Å²) in [5, 5.41) is 3.69. The lowest BCUT2D eigenvalue weighted by atomic mass is 9.99. The number of amides is 2. The predicted octanol–water partition coefficient (Wildman–Crippen LogP) is 4.77. The molecule has 0 radical (unpaired) electrons. The Bertz CT molecular complexity index is 872. The van der Waals surface area contributed by atoms with E-state index in [9.17, 15) is 9.59 Å². The van der Waals surface area contributed by atoms with Gasteiger partial charge in [0.15, 0.2) is 0 Å². The van der Waals surface area contributed by atoms with Gasteiger partial charge in [-0.25, -0.2) is 0 Å². The molecular weight excluding hydrogens is 399 g/mol. The lowest BCUT2D eigenvalue weighted by Gasteiger charge is -2.35. The van der Waals surface area contributed by atoms with E-state index in [1.165, 1.54) is 0 Å². The molecule has 2 amide bonds. The highest BCUT2D eigenvalue weighted by molar-refractivity contribution is 6.36. The lowest BCUT2D eigenvalue weighted by molar-refractivity contribution is -0.121. The molecule has 0 aromatic heterocycles. The smallest absolute Gasteiger partial charge is 0.254 e. The molecule has 1 N–H and O–H groups in total. The van der Waals surface area contributed by atoms with E-state index in [-0.39, 0.29) is 11.8 Å². The van der Waals surface area contributed by atoms with Crippen LogP contribution in [0.25, 0.3) is 0 Å². The average molecular weight is 421 g/mol. The van der Waals surface area contributed by atoms with Gasteiger partial charge in [0.1, 0.15) is 6.04 Å². The number of piperidine rings is 1. The van der Waals surface area contributed by atoms with Crippen LogP contribution in [0.2, 0.25) is 10.0 Å². The molecule has 1 heterocycles. The maximum absolute atomic E-state index is 13.1. The number of hydrogen-bond acceptors (Lipinski definition) is 3. The topological polar surface area (TPSA) is 58.6 Å². The molecule has 0 aliphatic carbocycles. The quantitative estimate of drug-likeness (QED) is 0.757.